The number of rotatable bonds is 4. The van der Waals surface area contributed by atoms with E-state index in [1.807, 2.05) is 6.07 Å². The normalized spacial score (nSPS) is 30.0. The number of hydrogen-bond donors (Lipinski definition) is 2. The molecule has 2 aromatic heterocycles. The van der Waals surface area contributed by atoms with Crippen molar-refractivity contribution >= 4 is 16.9 Å². The number of benzene rings is 1. The molecule has 0 bridgehead atoms. The maximum atomic E-state index is 6.24. The highest BCUT2D eigenvalue weighted by molar-refractivity contribution is 5.88. The minimum Gasteiger partial charge on any atom is -0.491 e. The van der Waals surface area contributed by atoms with Crippen LogP contribution < -0.4 is 10.1 Å². The lowest BCUT2D eigenvalue weighted by Crippen LogP contribution is -2.48. The van der Waals surface area contributed by atoms with Gasteiger partial charge in [-0.25, -0.2) is 9.97 Å². The first-order chi connectivity index (χ1) is 15.8. The molecule has 5 heterocycles. The highest BCUT2D eigenvalue weighted by Crippen LogP contribution is 2.43. The van der Waals surface area contributed by atoms with E-state index in [0.29, 0.717) is 12.5 Å². The van der Waals surface area contributed by atoms with Crippen LogP contribution in [0.3, 0.4) is 0 Å². The Morgan fingerprint density at radius 2 is 2.09 bits per heavy atom. The number of nitrogens with zero attached hydrogens (tertiary/aromatic N) is 3. The molecule has 2 N–H and O–H groups in total. The third kappa shape index (κ3) is 3.10. The predicted molar refractivity (Wildman–Crippen MR) is 122 cm³/mol. The molecule has 0 radical (unpaired) electrons. The van der Waals surface area contributed by atoms with Gasteiger partial charge in [0.05, 0.1) is 23.1 Å². The Morgan fingerprint density at radius 3 is 2.97 bits per heavy atom. The maximum Gasteiger partial charge on any atom is 0.143 e. The molecule has 3 fully saturated rings. The van der Waals surface area contributed by atoms with E-state index in [-0.39, 0.29) is 17.7 Å². The molecule has 1 aliphatic carbocycles. The largest absolute Gasteiger partial charge is 0.491 e. The highest BCUT2D eigenvalue weighted by atomic mass is 16.5. The Bertz CT molecular complexity index is 1150. The number of aromatic amines is 1. The van der Waals surface area contributed by atoms with Crippen LogP contribution in [0.2, 0.25) is 0 Å². The van der Waals surface area contributed by atoms with Gasteiger partial charge in [0.15, 0.2) is 0 Å². The van der Waals surface area contributed by atoms with Gasteiger partial charge in [-0.2, -0.15) is 0 Å². The summed E-state index contributed by atoms with van der Waals surface area (Å²) in [6.45, 7) is 3.59. The van der Waals surface area contributed by atoms with Gasteiger partial charge in [-0.05, 0) is 50.2 Å². The van der Waals surface area contributed by atoms with Crippen molar-refractivity contribution in [1.29, 1.82) is 0 Å². The fraction of sp³-hybridized carbons (Fsp3) is 0.520. The van der Waals surface area contributed by atoms with Gasteiger partial charge in [0, 0.05) is 31.0 Å². The van der Waals surface area contributed by atoms with Crippen LogP contribution in [0.4, 0.5) is 5.82 Å². The summed E-state index contributed by atoms with van der Waals surface area (Å²) in [6.07, 6.45) is 7.64. The second kappa shape index (κ2) is 7.18. The topological polar surface area (TPSA) is 75.3 Å². The monoisotopic (exact) mass is 431 g/mol. The van der Waals surface area contributed by atoms with E-state index in [0.717, 1.165) is 48.7 Å². The minimum atomic E-state index is 0.0451. The number of para-hydroxylation sites is 1. The second-order valence-corrected chi connectivity index (χ2v) is 9.88. The summed E-state index contributed by atoms with van der Waals surface area (Å²) in [5.74, 6) is 2.52. The number of likely N-dealkylation sites (tertiary alicyclic amines) is 1. The molecule has 3 atom stereocenters. The van der Waals surface area contributed by atoms with Crippen LogP contribution in [0.5, 0.6) is 5.75 Å². The number of aromatic nitrogens is 3. The number of fused-ring (bicyclic) bond motifs is 2. The van der Waals surface area contributed by atoms with Crippen molar-refractivity contribution in [1.82, 2.24) is 19.9 Å². The molecule has 166 valence electrons. The summed E-state index contributed by atoms with van der Waals surface area (Å²) in [5.41, 5.74) is 3.44. The molecule has 7 heteroatoms. The zero-order valence-corrected chi connectivity index (χ0v) is 18.2. The molecule has 2 saturated heterocycles. The molecule has 0 amide bonds. The van der Waals surface area contributed by atoms with Gasteiger partial charge in [-0.3, -0.25) is 4.90 Å². The minimum absolute atomic E-state index is 0.0451. The first kappa shape index (κ1) is 18.9. The molecule has 7 nitrogen and oxygen atoms in total. The summed E-state index contributed by atoms with van der Waals surface area (Å²) in [5, 5.41) is 4.90. The van der Waals surface area contributed by atoms with E-state index in [9.17, 15) is 0 Å². The summed E-state index contributed by atoms with van der Waals surface area (Å²) < 4.78 is 12.4. The Morgan fingerprint density at radius 1 is 1.16 bits per heavy atom. The average molecular weight is 432 g/mol. The lowest BCUT2D eigenvalue weighted by molar-refractivity contribution is 0.00442. The van der Waals surface area contributed by atoms with Crippen molar-refractivity contribution in [3.63, 3.8) is 0 Å². The summed E-state index contributed by atoms with van der Waals surface area (Å²) in [7, 11) is 0. The number of hydrogen-bond acceptors (Lipinski definition) is 6. The summed E-state index contributed by atoms with van der Waals surface area (Å²) in [6, 6.07) is 11.0. The maximum absolute atomic E-state index is 6.24. The van der Waals surface area contributed by atoms with E-state index in [1.165, 1.54) is 36.9 Å². The highest BCUT2D eigenvalue weighted by Gasteiger charge is 2.46. The van der Waals surface area contributed by atoms with Gasteiger partial charge in [0.25, 0.3) is 0 Å². The lowest BCUT2D eigenvalue weighted by atomic mass is 9.94. The van der Waals surface area contributed by atoms with Gasteiger partial charge in [0.2, 0.25) is 0 Å². The first-order valence-corrected chi connectivity index (χ1v) is 12.0. The number of nitrogens with one attached hydrogen (secondary N) is 2. The zero-order chi connectivity index (χ0) is 21.1. The van der Waals surface area contributed by atoms with Crippen molar-refractivity contribution in [3.8, 4) is 5.75 Å². The number of anilines is 1. The average Bonchev–Trinajstić information content (AvgIpc) is 3.22. The van der Waals surface area contributed by atoms with Crippen LogP contribution in [0, 0.1) is 0 Å². The van der Waals surface area contributed by atoms with Crippen LogP contribution >= 0.6 is 0 Å². The zero-order valence-electron chi connectivity index (χ0n) is 18.2. The third-order valence-electron chi connectivity index (χ3n) is 7.80. The van der Waals surface area contributed by atoms with Crippen LogP contribution in [0.15, 0.2) is 36.7 Å². The summed E-state index contributed by atoms with van der Waals surface area (Å²) >= 11 is 0. The van der Waals surface area contributed by atoms with E-state index >= 15 is 0 Å². The first-order valence-electron chi connectivity index (χ1n) is 12.0. The molecule has 1 unspecified atom stereocenters. The van der Waals surface area contributed by atoms with E-state index in [4.69, 9.17) is 9.47 Å². The standard InChI is InChI=1S/C25H29N5O2/c1-2-5-21-17(4-1)22(20(13-31-21)30-10-9-25(14-30)8-3-11-32-25)29-24-18-12-19(16-6-7-16)28-23(18)26-15-27-24/h1-2,4-5,12,15-16,20,22H,3,6-11,13-14H2,(H2,26,27,28,29)/t20-,22-,25?/m0/s1. The van der Waals surface area contributed by atoms with Crippen LogP contribution in [-0.4, -0.2) is 57.8 Å². The summed E-state index contributed by atoms with van der Waals surface area (Å²) in [4.78, 5) is 15.3. The van der Waals surface area contributed by atoms with Crippen molar-refractivity contribution in [2.75, 3.05) is 31.6 Å². The van der Waals surface area contributed by atoms with Crippen molar-refractivity contribution in [2.24, 2.45) is 0 Å². The molecule has 3 aromatic rings. The van der Waals surface area contributed by atoms with Gasteiger partial charge in [-0.15, -0.1) is 0 Å². The second-order valence-electron chi connectivity index (χ2n) is 9.88. The quantitative estimate of drug-likeness (QED) is 0.650. The van der Waals surface area contributed by atoms with Crippen molar-refractivity contribution in [2.45, 2.75) is 55.7 Å². The van der Waals surface area contributed by atoms with Gasteiger partial charge in [0.1, 0.15) is 30.1 Å². The molecule has 1 saturated carbocycles. The van der Waals surface area contributed by atoms with E-state index in [1.54, 1.807) is 6.33 Å². The lowest BCUT2D eigenvalue weighted by Gasteiger charge is -2.40. The molecular weight excluding hydrogens is 402 g/mol. The predicted octanol–water partition coefficient (Wildman–Crippen LogP) is 4.00. The molecule has 4 aliphatic rings. The van der Waals surface area contributed by atoms with Crippen LogP contribution in [0.25, 0.3) is 11.0 Å². The number of ether oxygens (including phenoxy) is 2. The molecule has 7 rings (SSSR count). The smallest absolute Gasteiger partial charge is 0.143 e. The molecule has 3 aliphatic heterocycles. The van der Waals surface area contributed by atoms with Crippen LogP contribution in [-0.2, 0) is 4.74 Å². The molecular formula is C25H29N5O2. The van der Waals surface area contributed by atoms with Crippen molar-refractivity contribution < 1.29 is 9.47 Å². The third-order valence-corrected chi connectivity index (χ3v) is 7.80. The Labute approximate surface area is 187 Å². The van der Waals surface area contributed by atoms with Gasteiger partial charge >= 0.3 is 0 Å². The fourth-order valence-electron chi connectivity index (χ4n) is 5.91. The van der Waals surface area contributed by atoms with E-state index < -0.39 is 0 Å². The van der Waals surface area contributed by atoms with Gasteiger partial charge in [-0.1, -0.05) is 18.2 Å². The molecule has 1 aromatic carbocycles. The van der Waals surface area contributed by atoms with Crippen LogP contribution in [0.1, 0.15) is 55.3 Å². The SMILES string of the molecule is c1ccc2c(c1)OC[C@H](N1CCC3(CCCO3)C1)[C@H]2Nc1ncnc2[nH]c(C3CC3)cc12. The molecule has 32 heavy (non-hydrogen) atoms. The fourth-order valence-corrected chi connectivity index (χ4v) is 5.91. The van der Waals surface area contributed by atoms with E-state index in [2.05, 4.69) is 49.4 Å². The Hall–Kier alpha value is -2.64. The van der Waals surface area contributed by atoms with Gasteiger partial charge < -0.3 is 19.8 Å². The van der Waals surface area contributed by atoms with Crippen molar-refractivity contribution in [3.05, 3.63) is 47.9 Å². The Balaban J connectivity index is 1.24. The number of H-pyrrole nitrogens is 1. The Kier molecular flexibility index (Phi) is 4.24. The molecule has 1 spiro atoms.